The Morgan fingerprint density at radius 2 is 1.75 bits per heavy atom. The van der Waals surface area contributed by atoms with Gasteiger partial charge in [-0.3, -0.25) is 10.1 Å². The fourth-order valence-electron chi connectivity index (χ4n) is 1.75. The highest BCUT2D eigenvalue weighted by Crippen LogP contribution is 2.53. The molecule has 7 nitrogen and oxygen atoms in total. The van der Waals surface area contributed by atoms with Gasteiger partial charge in [-0.2, -0.15) is 0 Å². The van der Waals surface area contributed by atoms with Crippen LogP contribution in [0.25, 0.3) is 0 Å². The molecule has 0 bridgehead atoms. The van der Waals surface area contributed by atoms with Crippen molar-refractivity contribution < 1.29 is 21.8 Å². The van der Waals surface area contributed by atoms with Crippen molar-refractivity contribution in [3.05, 3.63) is 22.4 Å². The van der Waals surface area contributed by atoms with Crippen LogP contribution in [0, 0.1) is 21.4 Å². The number of allylic oxidation sites excluding steroid dienone is 1. The summed E-state index contributed by atoms with van der Waals surface area (Å²) in [5.74, 6) is -0.810. The average Bonchev–Trinajstić information content (AvgIpc) is 2.71. The van der Waals surface area contributed by atoms with Gasteiger partial charge in [0, 0.05) is 5.41 Å². The Bertz CT molecular complexity index is 423. The molecule has 0 amide bonds. The summed E-state index contributed by atoms with van der Waals surface area (Å²) >= 11 is 0. The fraction of sp³-hybridized carbons (Fsp3) is 0.714. The van der Waals surface area contributed by atoms with Crippen molar-refractivity contribution in [2.45, 2.75) is 6.42 Å². The van der Waals surface area contributed by atoms with E-state index < -0.39 is 31.7 Å². The highest BCUT2D eigenvalue weighted by atomic mass is 32.2. The maximum atomic E-state index is 10.6. The molecule has 0 radical (unpaired) electrons. The molecule has 0 heterocycles. The Morgan fingerprint density at radius 3 is 2.12 bits per heavy atom. The predicted octanol–water partition coefficient (Wildman–Crippen LogP) is -0.994. The van der Waals surface area contributed by atoms with Crippen molar-refractivity contribution >= 4 is 21.4 Å². The average molecular weight is 269 g/mol. The zero-order valence-electron chi connectivity index (χ0n) is 8.14. The van der Waals surface area contributed by atoms with Gasteiger partial charge in [0.05, 0.1) is 16.4 Å². The van der Waals surface area contributed by atoms with Crippen molar-refractivity contribution in [2.75, 3.05) is 11.5 Å². The molecule has 1 aliphatic carbocycles. The van der Waals surface area contributed by atoms with E-state index in [1.165, 1.54) is 6.08 Å². The summed E-state index contributed by atoms with van der Waals surface area (Å²) in [7, 11) is -5.36. The zero-order chi connectivity index (χ0) is 12.3. The van der Waals surface area contributed by atoms with Crippen molar-refractivity contribution in [1.82, 2.24) is 0 Å². The van der Waals surface area contributed by atoms with Crippen LogP contribution in [0.4, 0.5) is 0 Å². The van der Waals surface area contributed by atoms with E-state index in [0.29, 0.717) is 6.42 Å². The molecule has 1 unspecified atom stereocenters. The Hall–Kier alpha value is -0.960. The van der Waals surface area contributed by atoms with E-state index in [2.05, 4.69) is 0 Å². The SMILES string of the molecule is O=[N+]([O-])/C=C/C1CC1(C[SH](=O)=O)C[SH](=O)=O. The van der Waals surface area contributed by atoms with Gasteiger partial charge in [-0.25, -0.2) is 16.8 Å². The van der Waals surface area contributed by atoms with Crippen LogP contribution in [0.5, 0.6) is 0 Å². The molecule has 0 aromatic rings. The summed E-state index contributed by atoms with van der Waals surface area (Å²) in [6, 6.07) is 0. The minimum Gasteiger partial charge on any atom is -0.259 e. The van der Waals surface area contributed by atoms with Crippen LogP contribution in [-0.4, -0.2) is 33.3 Å². The van der Waals surface area contributed by atoms with Gasteiger partial charge in [-0.1, -0.05) is 0 Å². The molecule has 0 spiro atoms. The maximum Gasteiger partial charge on any atom is 0.230 e. The molecule has 1 atom stereocenters. The van der Waals surface area contributed by atoms with E-state index in [1.807, 2.05) is 0 Å². The van der Waals surface area contributed by atoms with Crippen LogP contribution in [0.1, 0.15) is 6.42 Å². The van der Waals surface area contributed by atoms with Crippen molar-refractivity contribution in [3.8, 4) is 0 Å². The number of thiol groups is 2. The first-order valence-corrected chi connectivity index (χ1v) is 7.14. The lowest BCUT2D eigenvalue weighted by atomic mass is 10.1. The number of hydrogen-bond acceptors (Lipinski definition) is 6. The van der Waals surface area contributed by atoms with Gasteiger partial charge in [0.25, 0.3) is 0 Å². The molecule has 16 heavy (non-hydrogen) atoms. The Labute approximate surface area is 95.2 Å². The molecule has 0 aliphatic heterocycles. The summed E-state index contributed by atoms with van der Waals surface area (Å²) in [6.07, 6.45) is 2.35. The Balaban J connectivity index is 2.74. The first kappa shape index (κ1) is 13.1. The molecule has 1 rings (SSSR count). The molecule has 9 heteroatoms. The smallest absolute Gasteiger partial charge is 0.230 e. The van der Waals surface area contributed by atoms with Crippen molar-refractivity contribution in [1.29, 1.82) is 0 Å². The van der Waals surface area contributed by atoms with Gasteiger partial charge in [0.1, 0.15) is 21.4 Å². The van der Waals surface area contributed by atoms with Crippen molar-refractivity contribution in [3.63, 3.8) is 0 Å². The highest BCUT2D eigenvalue weighted by molar-refractivity contribution is 7.73. The summed E-state index contributed by atoms with van der Waals surface area (Å²) in [5.41, 5.74) is -0.836. The normalized spacial score (nSPS) is 23.0. The first-order chi connectivity index (χ1) is 7.35. The largest absolute Gasteiger partial charge is 0.259 e. The first-order valence-electron chi connectivity index (χ1n) is 4.41. The van der Waals surface area contributed by atoms with E-state index in [9.17, 15) is 26.9 Å². The molecule has 0 saturated heterocycles. The van der Waals surface area contributed by atoms with Gasteiger partial charge in [0.15, 0.2) is 0 Å². The fourth-order valence-corrected chi connectivity index (χ4v) is 3.91. The molecular weight excluding hydrogens is 258 g/mol. The lowest BCUT2D eigenvalue weighted by Gasteiger charge is -2.06. The third-order valence-electron chi connectivity index (χ3n) is 2.58. The monoisotopic (exact) mass is 269 g/mol. The second-order valence-corrected chi connectivity index (χ2v) is 5.74. The molecule has 0 N–H and O–H groups in total. The molecule has 92 valence electrons. The number of hydrogen-bond donors (Lipinski definition) is 2. The van der Waals surface area contributed by atoms with Crippen LogP contribution in [0.2, 0.25) is 0 Å². The molecule has 1 fully saturated rings. The third kappa shape index (κ3) is 3.56. The minimum absolute atomic E-state index is 0.238. The van der Waals surface area contributed by atoms with E-state index in [4.69, 9.17) is 0 Å². The standard InChI is InChI=1S/C7H11NO6S2/c9-8(10)2-1-6-3-7(6,4-15(11)12)5-16(13)14/h1-2,6,15-16H,3-5H2/b2-1+. The van der Waals surface area contributed by atoms with Gasteiger partial charge >= 0.3 is 0 Å². The lowest BCUT2D eigenvalue weighted by molar-refractivity contribution is -0.402. The van der Waals surface area contributed by atoms with Crippen LogP contribution >= 0.6 is 0 Å². The number of nitro groups is 1. The summed E-state index contributed by atoms with van der Waals surface area (Å²) < 4.78 is 42.4. The summed E-state index contributed by atoms with van der Waals surface area (Å²) in [6.45, 7) is 0. The number of nitrogens with zero attached hydrogens (tertiary/aromatic N) is 1. The molecule has 1 saturated carbocycles. The lowest BCUT2D eigenvalue weighted by Crippen LogP contribution is -2.17. The van der Waals surface area contributed by atoms with E-state index in [-0.39, 0.29) is 17.4 Å². The highest BCUT2D eigenvalue weighted by Gasteiger charge is 2.54. The maximum absolute atomic E-state index is 10.6. The summed E-state index contributed by atoms with van der Waals surface area (Å²) in [4.78, 5) is 9.41. The van der Waals surface area contributed by atoms with Gasteiger partial charge in [-0.05, 0) is 18.4 Å². The van der Waals surface area contributed by atoms with Gasteiger partial charge < -0.3 is 0 Å². The van der Waals surface area contributed by atoms with Crippen LogP contribution < -0.4 is 0 Å². The second-order valence-electron chi connectivity index (χ2n) is 3.78. The van der Waals surface area contributed by atoms with Crippen LogP contribution in [0.15, 0.2) is 12.3 Å². The predicted molar refractivity (Wildman–Crippen MR) is 57.0 cm³/mol. The van der Waals surface area contributed by atoms with E-state index in [0.717, 1.165) is 6.20 Å². The topological polar surface area (TPSA) is 111 Å². The zero-order valence-corrected chi connectivity index (χ0v) is 9.93. The number of rotatable bonds is 6. The van der Waals surface area contributed by atoms with E-state index in [1.54, 1.807) is 0 Å². The molecule has 0 aromatic heterocycles. The minimum atomic E-state index is -2.68. The van der Waals surface area contributed by atoms with Gasteiger partial charge in [-0.15, -0.1) is 0 Å². The Kier molecular flexibility index (Phi) is 4.03. The van der Waals surface area contributed by atoms with Crippen LogP contribution in [0.3, 0.4) is 0 Å². The van der Waals surface area contributed by atoms with Crippen molar-refractivity contribution in [2.24, 2.45) is 11.3 Å². The van der Waals surface area contributed by atoms with Gasteiger partial charge in [0.2, 0.25) is 6.20 Å². The van der Waals surface area contributed by atoms with E-state index >= 15 is 0 Å². The van der Waals surface area contributed by atoms with Crippen LogP contribution in [-0.2, 0) is 21.4 Å². The molecule has 1 aliphatic rings. The summed E-state index contributed by atoms with van der Waals surface area (Å²) in [5, 5.41) is 10.1. The second kappa shape index (κ2) is 4.91. The molecular formula is C7H11NO6S2. The molecule has 0 aromatic carbocycles. The third-order valence-corrected chi connectivity index (χ3v) is 4.36. The Morgan fingerprint density at radius 1 is 1.25 bits per heavy atom. The quantitative estimate of drug-likeness (QED) is 0.363.